The summed E-state index contributed by atoms with van der Waals surface area (Å²) in [6, 6.07) is 5.32. The van der Waals surface area contributed by atoms with Gasteiger partial charge in [-0.1, -0.05) is 26.1 Å². The monoisotopic (exact) mass is 460 g/mol. The number of hydrogen-bond donors (Lipinski definition) is 4. The largest absolute Gasteiger partial charge is 0.464 e. The number of ether oxygens (including phenoxy) is 1. The Kier molecular flexibility index (Phi) is 5.83. The maximum Gasteiger partial charge on any atom is 0.165 e. The van der Waals surface area contributed by atoms with Crippen molar-refractivity contribution >= 4 is 18.0 Å². The van der Waals surface area contributed by atoms with Crippen LogP contribution in [0.3, 0.4) is 0 Å². The van der Waals surface area contributed by atoms with Crippen molar-refractivity contribution in [1.82, 2.24) is 4.57 Å². The Morgan fingerprint density at radius 3 is 2.53 bits per heavy atom. The molecule has 1 aliphatic carbocycles. The Bertz CT molecular complexity index is 1150. The van der Waals surface area contributed by atoms with Gasteiger partial charge in [-0.3, -0.25) is 4.79 Å². The summed E-state index contributed by atoms with van der Waals surface area (Å²) in [6.07, 6.45) is -5.27. The number of fused-ring (bicyclic) bond motifs is 1. The molecular weight excluding hydrogens is 436 g/mol. The van der Waals surface area contributed by atoms with Crippen molar-refractivity contribution in [3.05, 3.63) is 39.9 Å². The van der Waals surface area contributed by atoms with E-state index in [9.17, 15) is 30.5 Å². The van der Waals surface area contributed by atoms with Gasteiger partial charge in [-0.05, 0) is 24.0 Å². The van der Waals surface area contributed by atoms with Crippen LogP contribution in [0.2, 0.25) is 0 Å². The first kappa shape index (κ1) is 22.8. The van der Waals surface area contributed by atoms with E-state index >= 15 is 0 Å². The molecule has 0 amide bonds. The van der Waals surface area contributed by atoms with Gasteiger partial charge in [-0.15, -0.1) is 0 Å². The molecule has 0 radical (unpaired) electrons. The lowest BCUT2D eigenvalue weighted by Crippen LogP contribution is -2.57. The number of aliphatic hydroxyl groups excluding tert-OH is 4. The number of carbonyl (C=O) groups is 1. The Hall–Kier alpha value is -2.39. The van der Waals surface area contributed by atoms with Crippen LogP contribution < -0.4 is 0 Å². The van der Waals surface area contributed by atoms with E-state index in [-0.39, 0.29) is 28.0 Å². The second kappa shape index (κ2) is 8.19. The molecule has 4 rings (SSSR count). The molecule has 0 spiro atoms. The van der Waals surface area contributed by atoms with E-state index < -0.39 is 42.7 Å². The highest BCUT2D eigenvalue weighted by atomic mass is 32.1. The first-order valence-corrected chi connectivity index (χ1v) is 10.6. The number of aliphatic hydroxyl groups is 4. The minimum Gasteiger partial charge on any atom is -0.464 e. The van der Waals surface area contributed by atoms with Gasteiger partial charge in [0.15, 0.2) is 12.0 Å². The molecule has 3 heterocycles. The zero-order valence-corrected chi connectivity index (χ0v) is 18.4. The second-order valence-corrected chi connectivity index (χ2v) is 9.38. The van der Waals surface area contributed by atoms with Gasteiger partial charge in [0, 0.05) is 17.7 Å². The van der Waals surface area contributed by atoms with Crippen molar-refractivity contribution < 1.29 is 34.4 Å². The van der Waals surface area contributed by atoms with Crippen molar-refractivity contribution in [3.8, 4) is 17.4 Å². The molecule has 0 bridgehead atoms. The number of hydrogen-bond acceptors (Lipinski definition) is 9. The number of carbonyl (C=O) groups excluding carboxylic acids is 1. The predicted molar refractivity (Wildman–Crippen MR) is 113 cm³/mol. The van der Waals surface area contributed by atoms with Crippen LogP contribution in [0.15, 0.2) is 22.8 Å². The Morgan fingerprint density at radius 2 is 1.94 bits per heavy atom. The van der Waals surface area contributed by atoms with Crippen molar-refractivity contribution in [2.75, 3.05) is 6.61 Å². The Morgan fingerprint density at radius 1 is 1.22 bits per heavy atom. The van der Waals surface area contributed by atoms with Crippen LogP contribution in [0, 0.1) is 21.4 Å². The van der Waals surface area contributed by atoms with Gasteiger partial charge in [0.25, 0.3) is 0 Å². The summed E-state index contributed by atoms with van der Waals surface area (Å²) in [6.45, 7) is 3.22. The highest BCUT2D eigenvalue weighted by molar-refractivity contribution is 7.71. The summed E-state index contributed by atoms with van der Waals surface area (Å²) in [4.78, 5) is 13.3. The summed E-state index contributed by atoms with van der Waals surface area (Å²) in [5, 5.41) is 50.8. The fourth-order valence-corrected chi connectivity index (χ4v) is 4.95. The summed E-state index contributed by atoms with van der Waals surface area (Å²) in [5.74, 6) is 0.102. The van der Waals surface area contributed by atoms with E-state index in [1.54, 1.807) is 12.1 Å². The molecular formula is C22H24N2O7S. The minimum atomic E-state index is -1.63. The number of furan rings is 1. The zero-order valence-electron chi connectivity index (χ0n) is 17.6. The van der Waals surface area contributed by atoms with Crippen molar-refractivity contribution in [1.29, 1.82) is 5.26 Å². The van der Waals surface area contributed by atoms with E-state index in [0.29, 0.717) is 23.4 Å². The predicted octanol–water partition coefficient (Wildman–Crippen LogP) is 1.48. The van der Waals surface area contributed by atoms with Crippen LogP contribution >= 0.6 is 12.2 Å². The molecule has 4 N–H and O–H groups in total. The van der Waals surface area contributed by atoms with Crippen LogP contribution in [-0.2, 0) is 11.2 Å². The molecule has 1 aliphatic heterocycles. The van der Waals surface area contributed by atoms with Crippen LogP contribution in [0.25, 0.3) is 11.3 Å². The average Bonchev–Trinajstić information content (AvgIpc) is 3.26. The third-order valence-electron chi connectivity index (χ3n) is 6.08. The lowest BCUT2D eigenvalue weighted by atomic mass is 9.73. The summed E-state index contributed by atoms with van der Waals surface area (Å²) < 4.78 is 12.6. The van der Waals surface area contributed by atoms with Gasteiger partial charge in [0.2, 0.25) is 0 Å². The molecule has 32 heavy (non-hydrogen) atoms. The highest BCUT2D eigenvalue weighted by Gasteiger charge is 2.47. The van der Waals surface area contributed by atoms with Crippen LogP contribution in [0.1, 0.15) is 48.1 Å². The number of rotatable bonds is 3. The van der Waals surface area contributed by atoms with E-state index in [1.807, 2.05) is 19.9 Å². The lowest BCUT2D eigenvalue weighted by molar-refractivity contribution is -0.252. The van der Waals surface area contributed by atoms with E-state index in [4.69, 9.17) is 21.4 Å². The fourth-order valence-electron chi connectivity index (χ4n) is 4.59. The van der Waals surface area contributed by atoms with Gasteiger partial charge >= 0.3 is 0 Å². The maximum absolute atomic E-state index is 13.3. The molecule has 2 aliphatic rings. The number of pyridine rings is 1. The highest BCUT2D eigenvalue weighted by Crippen LogP contribution is 2.43. The molecule has 170 valence electrons. The number of nitriles is 1. The quantitative estimate of drug-likeness (QED) is 0.500. The number of Topliss-reactive ketones (excluding diaryl/α,β-unsaturated/α-hetero) is 1. The molecule has 10 heteroatoms. The molecule has 9 nitrogen and oxygen atoms in total. The molecule has 2 aromatic heterocycles. The van der Waals surface area contributed by atoms with Gasteiger partial charge in [0.1, 0.15) is 40.9 Å². The van der Waals surface area contributed by atoms with Gasteiger partial charge in [0.05, 0.1) is 24.0 Å². The number of ketones is 1. The molecule has 1 fully saturated rings. The van der Waals surface area contributed by atoms with E-state index in [0.717, 1.165) is 0 Å². The van der Waals surface area contributed by atoms with Crippen LogP contribution in [0.5, 0.6) is 0 Å². The summed E-state index contributed by atoms with van der Waals surface area (Å²) >= 11 is 5.62. The maximum atomic E-state index is 13.3. The third kappa shape index (κ3) is 3.51. The fraction of sp³-hybridized carbons (Fsp3) is 0.500. The number of nitrogens with zero attached hydrogens (tertiary/aromatic N) is 2. The molecule has 0 unspecified atom stereocenters. The minimum absolute atomic E-state index is 0.00119. The normalized spacial score (nSPS) is 29.4. The van der Waals surface area contributed by atoms with Crippen molar-refractivity contribution in [3.63, 3.8) is 0 Å². The van der Waals surface area contributed by atoms with Crippen LogP contribution in [-0.4, -0.2) is 61.8 Å². The molecule has 0 aromatic carbocycles. The van der Waals surface area contributed by atoms with Crippen LogP contribution in [0.4, 0.5) is 0 Å². The van der Waals surface area contributed by atoms with Gasteiger partial charge in [-0.2, -0.15) is 5.26 Å². The van der Waals surface area contributed by atoms with Gasteiger partial charge < -0.3 is 34.1 Å². The first-order chi connectivity index (χ1) is 15.1. The van der Waals surface area contributed by atoms with Crippen molar-refractivity contribution in [2.24, 2.45) is 5.41 Å². The Labute approximate surface area is 189 Å². The summed E-state index contributed by atoms with van der Waals surface area (Å²) in [5.41, 5.74) is 0.529. The second-order valence-electron chi connectivity index (χ2n) is 9.00. The SMILES string of the molecule is CC1(C)CC(=O)c2c(-c3ccco3)c(C#N)c(=S)n([C@@H]3O[C@H](CO)[C@H](O)[C@H](O)[C@H]3O)c2C1. The Balaban J connectivity index is 2.05. The van der Waals surface area contributed by atoms with Gasteiger partial charge in [-0.25, -0.2) is 0 Å². The average molecular weight is 461 g/mol. The summed E-state index contributed by atoms with van der Waals surface area (Å²) in [7, 11) is 0. The van der Waals surface area contributed by atoms with E-state index in [1.165, 1.54) is 10.8 Å². The zero-order chi connectivity index (χ0) is 23.4. The van der Waals surface area contributed by atoms with Crippen molar-refractivity contribution in [2.45, 2.75) is 57.3 Å². The molecule has 2 aromatic rings. The molecule has 0 saturated carbocycles. The smallest absolute Gasteiger partial charge is 0.165 e. The molecule has 5 atom stereocenters. The number of aromatic nitrogens is 1. The molecule has 1 saturated heterocycles. The van der Waals surface area contributed by atoms with E-state index in [2.05, 4.69) is 0 Å². The first-order valence-electron chi connectivity index (χ1n) is 10.2. The third-order valence-corrected chi connectivity index (χ3v) is 6.48. The topological polar surface area (TPSA) is 149 Å². The standard InChI is InChI=1S/C22H24N2O7S/c1-22(2)6-11-16(12(26)7-22)15(13-4-3-5-30-13)10(8-23)21(32)24(11)20-19(29)18(28)17(27)14(9-25)31-20/h3-5,14,17-20,25,27-29H,6-7,9H2,1-2H3/t14-,17+,18+,19-,20-/m1/s1. The lowest BCUT2D eigenvalue weighted by Gasteiger charge is -2.43.